The van der Waals surface area contributed by atoms with Gasteiger partial charge in [-0.05, 0) is 0 Å². The minimum absolute atomic E-state index is 0.00522. The Labute approximate surface area is 160 Å². The molecule has 0 unspecified atom stereocenters. The van der Waals surface area contributed by atoms with Crippen LogP contribution in [0.3, 0.4) is 0 Å². The highest BCUT2D eigenvalue weighted by atomic mass is 19.4. The van der Waals surface area contributed by atoms with E-state index in [-0.39, 0.29) is 12.0 Å². The second kappa shape index (κ2) is 8.93. The summed E-state index contributed by atoms with van der Waals surface area (Å²) in [6.07, 6.45) is -6.75. The molecule has 1 amide bonds. The second-order valence-electron chi connectivity index (χ2n) is 5.89. The van der Waals surface area contributed by atoms with Gasteiger partial charge in [0.05, 0.1) is 13.2 Å². The van der Waals surface area contributed by atoms with Gasteiger partial charge in [-0.1, -0.05) is 11.8 Å². The topological polar surface area (TPSA) is 140 Å². The van der Waals surface area contributed by atoms with E-state index in [1.807, 2.05) is 4.98 Å². The molecule has 0 spiro atoms. The predicted octanol–water partition coefficient (Wildman–Crippen LogP) is -1.22. The number of halogens is 3. The molecule has 0 aliphatic carbocycles. The molecule has 29 heavy (non-hydrogen) atoms. The van der Waals surface area contributed by atoms with Crippen molar-refractivity contribution in [3.8, 4) is 11.8 Å². The minimum Gasteiger partial charge on any atom is -0.460 e. The fourth-order valence-electron chi connectivity index (χ4n) is 2.52. The molecular weight excluding hydrogens is 403 g/mol. The molecule has 1 aromatic heterocycles. The third-order valence-electron chi connectivity index (χ3n) is 3.77. The van der Waals surface area contributed by atoms with Crippen molar-refractivity contribution in [1.82, 2.24) is 14.9 Å². The van der Waals surface area contributed by atoms with Crippen LogP contribution in [-0.4, -0.2) is 58.1 Å². The lowest BCUT2D eigenvalue weighted by Crippen LogP contribution is -2.37. The monoisotopic (exact) mass is 419 g/mol. The van der Waals surface area contributed by atoms with Gasteiger partial charge in [-0.3, -0.25) is 23.9 Å². The summed E-state index contributed by atoms with van der Waals surface area (Å²) in [5.74, 6) is 1.63. The lowest BCUT2D eigenvalue weighted by Gasteiger charge is -2.15. The Balaban J connectivity index is 2.19. The summed E-state index contributed by atoms with van der Waals surface area (Å²) in [7, 11) is 0. The fraction of sp³-hybridized carbons (Fsp3) is 0.500. The maximum Gasteiger partial charge on any atom is 0.471 e. The molecule has 3 N–H and O–H groups in total. The van der Waals surface area contributed by atoms with E-state index in [4.69, 9.17) is 9.47 Å². The van der Waals surface area contributed by atoms with Crippen LogP contribution in [0.4, 0.5) is 13.2 Å². The maximum absolute atomic E-state index is 12.1. The number of ether oxygens (including phenoxy) is 2. The van der Waals surface area contributed by atoms with Crippen LogP contribution in [-0.2, 0) is 19.1 Å². The number of amides is 1. The average molecular weight is 419 g/mol. The number of hydrogen-bond donors (Lipinski definition) is 3. The second-order valence-corrected chi connectivity index (χ2v) is 5.89. The molecule has 2 rings (SSSR count). The summed E-state index contributed by atoms with van der Waals surface area (Å²) in [6, 6.07) is 0. The fourth-order valence-corrected chi connectivity index (χ4v) is 2.52. The highest BCUT2D eigenvalue weighted by Gasteiger charge is 2.39. The molecule has 3 atom stereocenters. The number of esters is 1. The summed E-state index contributed by atoms with van der Waals surface area (Å²) in [4.78, 5) is 47.7. The van der Waals surface area contributed by atoms with Crippen LogP contribution in [0.15, 0.2) is 15.8 Å². The average Bonchev–Trinajstić information content (AvgIpc) is 3.00. The van der Waals surface area contributed by atoms with Crippen molar-refractivity contribution in [1.29, 1.82) is 0 Å². The Morgan fingerprint density at radius 3 is 2.72 bits per heavy atom. The molecule has 13 heteroatoms. The van der Waals surface area contributed by atoms with Gasteiger partial charge in [0, 0.05) is 19.5 Å². The van der Waals surface area contributed by atoms with Gasteiger partial charge in [-0.25, -0.2) is 4.79 Å². The molecule has 1 fully saturated rings. The van der Waals surface area contributed by atoms with E-state index in [0.717, 1.165) is 10.8 Å². The number of aromatic amines is 1. The maximum atomic E-state index is 12.1. The molecule has 0 radical (unpaired) electrons. The first-order valence-electron chi connectivity index (χ1n) is 8.15. The summed E-state index contributed by atoms with van der Waals surface area (Å²) >= 11 is 0. The van der Waals surface area contributed by atoms with Crippen molar-refractivity contribution < 1.29 is 37.3 Å². The third kappa shape index (κ3) is 5.69. The molecular formula is C16H16F3N3O7. The number of carbonyl (C=O) groups excluding carboxylic acids is 2. The minimum atomic E-state index is -5.06. The summed E-state index contributed by atoms with van der Waals surface area (Å²) in [5.41, 5.74) is -2.03. The molecule has 0 aromatic carbocycles. The van der Waals surface area contributed by atoms with E-state index in [1.165, 1.54) is 12.2 Å². The van der Waals surface area contributed by atoms with Crippen LogP contribution in [0.2, 0.25) is 0 Å². The summed E-state index contributed by atoms with van der Waals surface area (Å²) in [6.45, 7) is -0.00470. The predicted molar refractivity (Wildman–Crippen MR) is 88.4 cm³/mol. The van der Waals surface area contributed by atoms with E-state index in [2.05, 4.69) is 11.8 Å². The smallest absolute Gasteiger partial charge is 0.460 e. The Morgan fingerprint density at radius 1 is 1.45 bits per heavy atom. The first-order chi connectivity index (χ1) is 13.5. The molecule has 1 aliphatic rings. The molecule has 1 aromatic rings. The number of carbonyl (C=O) groups is 2. The number of alkyl halides is 3. The first kappa shape index (κ1) is 22.2. The molecule has 0 saturated carbocycles. The highest BCUT2D eigenvalue weighted by molar-refractivity contribution is 5.81. The van der Waals surface area contributed by atoms with Crippen LogP contribution in [0.25, 0.3) is 0 Å². The number of rotatable bonds is 4. The van der Waals surface area contributed by atoms with Crippen LogP contribution >= 0.6 is 0 Å². The largest absolute Gasteiger partial charge is 0.471 e. The molecule has 2 heterocycles. The van der Waals surface area contributed by atoms with Gasteiger partial charge in [0.2, 0.25) is 0 Å². The molecule has 158 valence electrons. The van der Waals surface area contributed by atoms with Crippen molar-refractivity contribution in [3.05, 3.63) is 32.6 Å². The number of nitrogens with zero attached hydrogens (tertiary/aromatic N) is 1. The van der Waals surface area contributed by atoms with Crippen molar-refractivity contribution in [2.45, 2.75) is 38.0 Å². The lowest BCUT2D eigenvalue weighted by atomic mass is 10.2. The number of nitrogens with one attached hydrogen (secondary N) is 2. The third-order valence-corrected chi connectivity index (χ3v) is 3.77. The van der Waals surface area contributed by atoms with Crippen molar-refractivity contribution >= 4 is 11.9 Å². The number of aromatic nitrogens is 2. The van der Waals surface area contributed by atoms with Crippen LogP contribution in [0.1, 0.15) is 25.1 Å². The molecule has 1 aliphatic heterocycles. The van der Waals surface area contributed by atoms with Crippen LogP contribution in [0, 0.1) is 11.8 Å². The van der Waals surface area contributed by atoms with Crippen molar-refractivity contribution in [3.63, 3.8) is 0 Å². The van der Waals surface area contributed by atoms with E-state index in [9.17, 15) is 37.5 Å². The van der Waals surface area contributed by atoms with Crippen molar-refractivity contribution in [2.24, 2.45) is 0 Å². The highest BCUT2D eigenvalue weighted by Crippen LogP contribution is 2.29. The van der Waals surface area contributed by atoms with Crippen LogP contribution < -0.4 is 16.6 Å². The summed E-state index contributed by atoms with van der Waals surface area (Å²) < 4.78 is 47.7. The Kier molecular flexibility index (Phi) is 6.83. The van der Waals surface area contributed by atoms with Gasteiger partial charge in [-0.2, -0.15) is 13.2 Å². The zero-order chi connectivity index (χ0) is 21.8. The number of hydrogen-bond acceptors (Lipinski definition) is 7. The number of aliphatic hydroxyl groups is 1. The zero-order valence-electron chi connectivity index (χ0n) is 14.9. The van der Waals surface area contributed by atoms with Crippen molar-refractivity contribution in [2.75, 3.05) is 13.2 Å². The first-order valence-corrected chi connectivity index (χ1v) is 8.15. The standard InChI is InChI=1S/C16H16F3N3O7/c1-8(24)28-10-5-12(29-11(10)7-23)22-6-9(13(25)21-15(22)27)3-2-4-20-14(26)16(17,18)19/h6,10-12,23H,4-5,7H2,1H3,(H,20,26)(H,21,25,27)/t10-,11+,12+/m0/s1. The normalized spacial score (nSPS) is 21.2. The molecule has 10 nitrogen and oxygen atoms in total. The van der Waals surface area contributed by atoms with E-state index >= 15 is 0 Å². The van der Waals surface area contributed by atoms with Gasteiger partial charge in [0.1, 0.15) is 24.0 Å². The quantitative estimate of drug-likeness (QED) is 0.411. The number of H-pyrrole nitrogens is 1. The van der Waals surface area contributed by atoms with Gasteiger partial charge >= 0.3 is 23.7 Å². The van der Waals surface area contributed by atoms with Gasteiger partial charge in [0.25, 0.3) is 5.56 Å². The zero-order valence-corrected chi connectivity index (χ0v) is 14.9. The van der Waals surface area contributed by atoms with E-state index in [0.29, 0.717) is 0 Å². The Hall–Kier alpha value is -3.11. The van der Waals surface area contributed by atoms with Gasteiger partial charge < -0.3 is 19.9 Å². The number of aliphatic hydroxyl groups excluding tert-OH is 1. The Morgan fingerprint density at radius 2 is 2.14 bits per heavy atom. The molecule has 0 bridgehead atoms. The van der Waals surface area contributed by atoms with E-state index in [1.54, 1.807) is 0 Å². The summed E-state index contributed by atoms with van der Waals surface area (Å²) in [5, 5.41) is 10.8. The SMILES string of the molecule is CC(=O)O[C@H]1C[C@H](n2cc(C#CCNC(=O)C(F)(F)F)c(=O)[nH]c2=O)O[C@@H]1CO. The van der Waals surface area contributed by atoms with Gasteiger partial charge in [0.15, 0.2) is 0 Å². The van der Waals surface area contributed by atoms with E-state index < -0.39 is 60.9 Å². The Bertz CT molecular complexity index is 957. The molecule has 1 saturated heterocycles. The lowest BCUT2D eigenvalue weighted by molar-refractivity contribution is -0.173. The van der Waals surface area contributed by atoms with Crippen LogP contribution in [0.5, 0.6) is 0 Å². The van der Waals surface area contributed by atoms with Gasteiger partial charge in [-0.15, -0.1) is 0 Å².